The van der Waals surface area contributed by atoms with E-state index in [0.29, 0.717) is 22.6 Å². The lowest BCUT2D eigenvalue weighted by molar-refractivity contribution is 0.0801. The first kappa shape index (κ1) is 21.9. The zero-order valence-corrected chi connectivity index (χ0v) is 18.0. The van der Waals surface area contributed by atoms with Crippen LogP contribution in [0.4, 0.5) is 0 Å². The van der Waals surface area contributed by atoms with Crippen LogP contribution in [-0.2, 0) is 0 Å². The monoisotopic (exact) mass is 380 g/mol. The van der Waals surface area contributed by atoms with Gasteiger partial charge in [0.05, 0.1) is 0 Å². The summed E-state index contributed by atoms with van der Waals surface area (Å²) in [6.45, 7) is 12.1. The number of ether oxygens (including phenoxy) is 1. The van der Waals surface area contributed by atoms with E-state index in [9.17, 15) is 9.59 Å². The summed E-state index contributed by atoms with van der Waals surface area (Å²) in [7, 11) is 0. The Kier molecular flexibility index (Phi) is 6.82. The fraction of sp³-hybridized carbons (Fsp3) is 0.440. The first-order chi connectivity index (χ1) is 13.2. The van der Waals surface area contributed by atoms with Gasteiger partial charge in [-0.1, -0.05) is 41.5 Å². The van der Waals surface area contributed by atoms with E-state index < -0.39 is 0 Å². The minimum atomic E-state index is -0.365. The molecule has 0 saturated carbocycles. The zero-order chi connectivity index (χ0) is 20.9. The summed E-state index contributed by atoms with van der Waals surface area (Å²) in [5.41, 5.74) is 0.715. The number of rotatable bonds is 9. The molecule has 0 atom stereocenters. The lowest BCUT2D eigenvalue weighted by Crippen LogP contribution is -2.26. The van der Waals surface area contributed by atoms with Crippen LogP contribution in [0.2, 0.25) is 0 Å². The molecule has 3 nitrogen and oxygen atoms in total. The summed E-state index contributed by atoms with van der Waals surface area (Å²) in [6, 6.07) is 14.5. The number of carbonyl (C=O) groups is 2. The van der Waals surface area contributed by atoms with Crippen LogP contribution < -0.4 is 4.74 Å². The summed E-state index contributed by atoms with van der Waals surface area (Å²) >= 11 is 0. The first-order valence-electron chi connectivity index (χ1n) is 10.1. The molecule has 0 bridgehead atoms. The Hall–Kier alpha value is -2.42. The SMILES string of the molecule is CCC(C)(C)C(=O)c1ccc(Oc2ccc(C(=O)C(C)(CC)CC)cc2)cc1. The Balaban J connectivity index is 2.11. The van der Waals surface area contributed by atoms with Gasteiger partial charge in [-0.05, 0) is 67.8 Å². The number of hydrogen-bond donors (Lipinski definition) is 0. The maximum absolute atomic E-state index is 12.7. The highest BCUT2D eigenvalue weighted by Crippen LogP contribution is 2.31. The van der Waals surface area contributed by atoms with Gasteiger partial charge in [0.25, 0.3) is 0 Å². The van der Waals surface area contributed by atoms with E-state index in [1.807, 2.05) is 64.1 Å². The second kappa shape index (κ2) is 8.72. The molecular weight excluding hydrogens is 348 g/mol. The number of carbonyl (C=O) groups excluding carboxylic acids is 2. The van der Waals surface area contributed by atoms with E-state index >= 15 is 0 Å². The van der Waals surface area contributed by atoms with Crippen molar-refractivity contribution in [3.63, 3.8) is 0 Å². The Morgan fingerprint density at radius 3 is 1.43 bits per heavy atom. The summed E-state index contributed by atoms with van der Waals surface area (Å²) in [6.07, 6.45) is 2.44. The molecule has 0 saturated heterocycles. The minimum Gasteiger partial charge on any atom is -0.457 e. The molecule has 0 amide bonds. The Morgan fingerprint density at radius 1 is 0.679 bits per heavy atom. The molecule has 2 aromatic rings. The molecule has 0 radical (unpaired) electrons. The molecule has 0 spiro atoms. The molecule has 0 heterocycles. The molecule has 28 heavy (non-hydrogen) atoms. The second-order valence-corrected chi connectivity index (χ2v) is 8.31. The highest BCUT2D eigenvalue weighted by atomic mass is 16.5. The molecule has 0 aromatic heterocycles. The summed E-state index contributed by atoms with van der Waals surface area (Å²) < 4.78 is 5.88. The van der Waals surface area contributed by atoms with Crippen LogP contribution in [0.1, 0.15) is 81.5 Å². The van der Waals surface area contributed by atoms with Gasteiger partial charge < -0.3 is 4.74 Å². The van der Waals surface area contributed by atoms with Crippen molar-refractivity contribution < 1.29 is 14.3 Å². The smallest absolute Gasteiger partial charge is 0.168 e. The second-order valence-electron chi connectivity index (χ2n) is 8.31. The molecule has 0 aliphatic rings. The van der Waals surface area contributed by atoms with Crippen molar-refractivity contribution >= 4 is 11.6 Å². The first-order valence-corrected chi connectivity index (χ1v) is 10.1. The van der Waals surface area contributed by atoms with Gasteiger partial charge in [-0.15, -0.1) is 0 Å². The molecule has 150 valence electrons. The van der Waals surface area contributed by atoms with Gasteiger partial charge in [-0.2, -0.15) is 0 Å². The van der Waals surface area contributed by atoms with Crippen LogP contribution in [-0.4, -0.2) is 11.6 Å². The standard InChI is InChI=1S/C25H32O3/c1-7-24(4,5)22(26)18-10-14-20(15-11-18)28-21-16-12-19(13-17-21)23(27)25(6,8-2)9-3/h10-17H,7-9H2,1-6H3. The summed E-state index contributed by atoms with van der Waals surface area (Å²) in [5.74, 6) is 1.64. The number of hydrogen-bond acceptors (Lipinski definition) is 3. The molecule has 2 rings (SSSR count). The Labute approximate surface area is 169 Å². The van der Waals surface area contributed by atoms with Crippen molar-refractivity contribution in [3.8, 4) is 11.5 Å². The van der Waals surface area contributed by atoms with Crippen molar-refractivity contribution in [1.82, 2.24) is 0 Å². The summed E-state index contributed by atoms with van der Waals surface area (Å²) in [5, 5.41) is 0. The van der Waals surface area contributed by atoms with Gasteiger partial charge in [-0.3, -0.25) is 9.59 Å². The molecule has 0 fully saturated rings. The van der Waals surface area contributed by atoms with Gasteiger partial charge >= 0.3 is 0 Å². The van der Waals surface area contributed by atoms with Crippen molar-refractivity contribution in [1.29, 1.82) is 0 Å². The van der Waals surface area contributed by atoms with E-state index in [-0.39, 0.29) is 22.4 Å². The van der Waals surface area contributed by atoms with Crippen LogP contribution in [0.3, 0.4) is 0 Å². The quantitative estimate of drug-likeness (QED) is 0.435. The zero-order valence-electron chi connectivity index (χ0n) is 18.0. The number of ketones is 2. The maximum atomic E-state index is 12.7. The lowest BCUT2D eigenvalue weighted by Gasteiger charge is -2.24. The highest BCUT2D eigenvalue weighted by Gasteiger charge is 2.30. The number of Topliss-reactive ketones (excluding diaryl/α,β-unsaturated/α-hetero) is 2. The van der Waals surface area contributed by atoms with Gasteiger partial charge in [0.2, 0.25) is 0 Å². The van der Waals surface area contributed by atoms with E-state index in [4.69, 9.17) is 4.74 Å². The van der Waals surface area contributed by atoms with Crippen molar-refractivity contribution in [2.24, 2.45) is 10.8 Å². The summed E-state index contributed by atoms with van der Waals surface area (Å²) in [4.78, 5) is 25.3. The topological polar surface area (TPSA) is 43.4 Å². The molecule has 3 heteroatoms. The average molecular weight is 381 g/mol. The third kappa shape index (κ3) is 4.70. The third-order valence-corrected chi connectivity index (χ3v) is 6.08. The van der Waals surface area contributed by atoms with Gasteiger partial charge in [0, 0.05) is 22.0 Å². The minimum absolute atomic E-state index is 0.138. The maximum Gasteiger partial charge on any atom is 0.168 e. The van der Waals surface area contributed by atoms with Crippen LogP contribution in [0.25, 0.3) is 0 Å². The van der Waals surface area contributed by atoms with Crippen LogP contribution >= 0.6 is 0 Å². The van der Waals surface area contributed by atoms with Gasteiger partial charge in [0.1, 0.15) is 11.5 Å². The van der Waals surface area contributed by atoms with Gasteiger partial charge in [0.15, 0.2) is 11.6 Å². The van der Waals surface area contributed by atoms with Crippen LogP contribution in [0.5, 0.6) is 11.5 Å². The molecule has 0 unspecified atom stereocenters. The van der Waals surface area contributed by atoms with E-state index in [1.54, 1.807) is 12.1 Å². The van der Waals surface area contributed by atoms with Crippen molar-refractivity contribution in [2.45, 2.75) is 60.8 Å². The van der Waals surface area contributed by atoms with E-state index in [2.05, 4.69) is 13.8 Å². The molecule has 0 aliphatic heterocycles. The predicted octanol–water partition coefficient (Wildman–Crippen LogP) is 7.11. The molecule has 0 N–H and O–H groups in total. The Morgan fingerprint density at radius 2 is 1.07 bits per heavy atom. The van der Waals surface area contributed by atoms with Crippen LogP contribution in [0, 0.1) is 10.8 Å². The normalized spacial score (nSPS) is 11.9. The molecular formula is C25H32O3. The largest absolute Gasteiger partial charge is 0.457 e. The van der Waals surface area contributed by atoms with E-state index in [1.165, 1.54) is 0 Å². The fourth-order valence-electron chi connectivity index (χ4n) is 2.96. The lowest BCUT2D eigenvalue weighted by atomic mass is 9.78. The van der Waals surface area contributed by atoms with E-state index in [0.717, 1.165) is 19.3 Å². The average Bonchev–Trinajstić information content (AvgIpc) is 2.73. The third-order valence-electron chi connectivity index (χ3n) is 6.08. The van der Waals surface area contributed by atoms with Crippen molar-refractivity contribution in [3.05, 3.63) is 59.7 Å². The number of benzene rings is 2. The molecule has 2 aromatic carbocycles. The van der Waals surface area contributed by atoms with Crippen molar-refractivity contribution in [2.75, 3.05) is 0 Å². The highest BCUT2D eigenvalue weighted by molar-refractivity contribution is 6.00. The Bertz CT molecular complexity index is 810. The fourth-order valence-corrected chi connectivity index (χ4v) is 2.96. The molecule has 0 aliphatic carbocycles. The van der Waals surface area contributed by atoms with Crippen LogP contribution in [0.15, 0.2) is 48.5 Å². The van der Waals surface area contributed by atoms with Gasteiger partial charge in [-0.25, -0.2) is 0 Å². The predicted molar refractivity (Wildman–Crippen MR) is 114 cm³/mol.